The number of nitrogens with zero attached hydrogens (tertiary/aromatic N) is 2. The first-order chi connectivity index (χ1) is 9.08. The number of benzene rings is 1. The van der Waals surface area contributed by atoms with Gasteiger partial charge in [0.15, 0.2) is 5.65 Å². The molecular weight excluding hydrogens is 265 g/mol. The van der Waals surface area contributed by atoms with E-state index in [0.717, 1.165) is 5.56 Å². The molecule has 5 heteroatoms. The lowest BCUT2D eigenvalue weighted by atomic mass is 10.1. The van der Waals surface area contributed by atoms with Gasteiger partial charge in [0.05, 0.1) is 5.02 Å². The predicted octanol–water partition coefficient (Wildman–Crippen LogP) is 3.68. The van der Waals surface area contributed by atoms with E-state index < -0.39 is 0 Å². The summed E-state index contributed by atoms with van der Waals surface area (Å²) in [6, 6.07) is 8.33. The van der Waals surface area contributed by atoms with Gasteiger partial charge < -0.3 is 5.73 Å². The molecule has 0 spiro atoms. The maximum absolute atomic E-state index is 13.9. The van der Waals surface area contributed by atoms with Crippen LogP contribution in [0.5, 0.6) is 0 Å². The topological polar surface area (TPSA) is 43.3 Å². The summed E-state index contributed by atoms with van der Waals surface area (Å²) >= 11 is 6.07. The van der Waals surface area contributed by atoms with Crippen molar-refractivity contribution in [1.82, 2.24) is 9.38 Å². The van der Waals surface area contributed by atoms with E-state index in [0.29, 0.717) is 27.7 Å². The van der Waals surface area contributed by atoms with Crippen LogP contribution in [-0.2, 0) is 0 Å². The van der Waals surface area contributed by atoms with Crippen molar-refractivity contribution in [2.24, 2.45) is 0 Å². The number of hydrogen-bond donors (Lipinski definition) is 1. The van der Waals surface area contributed by atoms with Gasteiger partial charge in [-0.05, 0) is 31.2 Å². The molecule has 0 saturated heterocycles. The number of imidazole rings is 1. The molecule has 2 aromatic heterocycles. The zero-order valence-corrected chi connectivity index (χ0v) is 10.9. The quantitative estimate of drug-likeness (QED) is 0.736. The van der Waals surface area contributed by atoms with Gasteiger partial charge in [0, 0.05) is 11.8 Å². The van der Waals surface area contributed by atoms with E-state index in [2.05, 4.69) is 4.98 Å². The van der Waals surface area contributed by atoms with Crippen molar-refractivity contribution in [3.63, 3.8) is 0 Å². The van der Waals surface area contributed by atoms with E-state index in [1.165, 1.54) is 6.07 Å². The number of pyridine rings is 1. The third kappa shape index (κ3) is 1.85. The Morgan fingerprint density at radius 1 is 1.32 bits per heavy atom. The fourth-order valence-corrected chi connectivity index (χ4v) is 2.28. The average molecular weight is 276 g/mol. The highest BCUT2D eigenvalue weighted by atomic mass is 35.5. The van der Waals surface area contributed by atoms with Gasteiger partial charge in [-0.2, -0.15) is 0 Å². The molecule has 0 aliphatic carbocycles. The molecule has 3 nitrogen and oxygen atoms in total. The van der Waals surface area contributed by atoms with Gasteiger partial charge in [-0.15, -0.1) is 0 Å². The maximum Gasteiger partial charge on any atom is 0.157 e. The van der Waals surface area contributed by atoms with Crippen LogP contribution in [0.4, 0.5) is 10.2 Å². The second-order valence-electron chi connectivity index (χ2n) is 4.38. The van der Waals surface area contributed by atoms with Crippen molar-refractivity contribution in [2.45, 2.75) is 6.92 Å². The van der Waals surface area contributed by atoms with Gasteiger partial charge in [0.2, 0.25) is 0 Å². The van der Waals surface area contributed by atoms with Gasteiger partial charge in [-0.1, -0.05) is 23.2 Å². The van der Waals surface area contributed by atoms with Crippen molar-refractivity contribution in [1.29, 1.82) is 0 Å². The van der Waals surface area contributed by atoms with E-state index >= 15 is 0 Å². The van der Waals surface area contributed by atoms with Crippen LogP contribution in [0, 0.1) is 12.7 Å². The number of hydrogen-bond acceptors (Lipinski definition) is 2. The zero-order valence-electron chi connectivity index (χ0n) is 10.2. The van der Waals surface area contributed by atoms with Crippen molar-refractivity contribution < 1.29 is 4.39 Å². The summed E-state index contributed by atoms with van der Waals surface area (Å²) in [5, 5.41) is 0.480. The van der Waals surface area contributed by atoms with E-state index in [4.69, 9.17) is 17.3 Å². The zero-order chi connectivity index (χ0) is 13.6. The largest absolute Gasteiger partial charge is 0.383 e. The van der Waals surface area contributed by atoms with Gasteiger partial charge in [-0.3, -0.25) is 4.40 Å². The monoisotopic (exact) mass is 275 g/mol. The fraction of sp³-hybridized carbons (Fsp3) is 0.0714. The SMILES string of the molecule is Cc1ccc(F)c(-c2nc3c(Cl)cccn3c2N)c1. The van der Waals surface area contributed by atoms with E-state index in [1.807, 2.05) is 6.92 Å². The van der Waals surface area contributed by atoms with Crippen molar-refractivity contribution in [2.75, 3.05) is 5.73 Å². The van der Waals surface area contributed by atoms with Gasteiger partial charge >= 0.3 is 0 Å². The number of anilines is 1. The highest BCUT2D eigenvalue weighted by Crippen LogP contribution is 2.31. The van der Waals surface area contributed by atoms with Crippen LogP contribution in [0.1, 0.15) is 5.56 Å². The summed E-state index contributed by atoms with van der Waals surface area (Å²) in [4.78, 5) is 4.35. The minimum absolute atomic E-state index is 0.350. The van der Waals surface area contributed by atoms with Crippen LogP contribution in [-0.4, -0.2) is 9.38 Å². The van der Waals surface area contributed by atoms with Crippen molar-refractivity contribution >= 4 is 23.1 Å². The Hall–Kier alpha value is -2.07. The minimum Gasteiger partial charge on any atom is -0.383 e. The summed E-state index contributed by atoms with van der Waals surface area (Å²) in [6.45, 7) is 1.89. The number of aryl methyl sites for hydroxylation is 1. The summed E-state index contributed by atoms with van der Waals surface area (Å²) in [6.07, 6.45) is 1.75. The lowest BCUT2D eigenvalue weighted by Gasteiger charge is -2.02. The Morgan fingerprint density at radius 2 is 2.11 bits per heavy atom. The Kier molecular flexibility index (Phi) is 2.68. The smallest absolute Gasteiger partial charge is 0.157 e. The fourth-order valence-electron chi connectivity index (χ4n) is 2.07. The Bertz CT molecular complexity index is 780. The van der Waals surface area contributed by atoms with Crippen molar-refractivity contribution in [3.8, 4) is 11.3 Å². The second kappa shape index (κ2) is 4.24. The van der Waals surface area contributed by atoms with E-state index in [9.17, 15) is 4.39 Å². The molecule has 0 amide bonds. The van der Waals surface area contributed by atoms with E-state index in [-0.39, 0.29) is 5.82 Å². The molecule has 2 N–H and O–H groups in total. The Balaban J connectivity index is 2.34. The highest BCUT2D eigenvalue weighted by Gasteiger charge is 2.16. The van der Waals surface area contributed by atoms with Gasteiger partial charge in [0.25, 0.3) is 0 Å². The Labute approximate surface area is 114 Å². The Morgan fingerprint density at radius 3 is 2.84 bits per heavy atom. The number of aromatic nitrogens is 2. The third-order valence-electron chi connectivity index (χ3n) is 3.02. The molecule has 3 aromatic rings. The molecule has 0 saturated carbocycles. The van der Waals surface area contributed by atoms with Crippen LogP contribution in [0.25, 0.3) is 16.9 Å². The molecule has 0 unspecified atom stereocenters. The maximum atomic E-state index is 13.9. The first-order valence-electron chi connectivity index (χ1n) is 5.76. The summed E-state index contributed by atoms with van der Waals surface area (Å²) in [5.74, 6) is 0.0267. The number of nitrogen functional groups attached to an aromatic ring is 1. The molecule has 3 rings (SSSR count). The normalized spacial score (nSPS) is 11.1. The molecule has 96 valence electrons. The van der Waals surface area contributed by atoms with Crippen LogP contribution < -0.4 is 5.73 Å². The number of halogens is 2. The predicted molar refractivity (Wildman–Crippen MR) is 74.7 cm³/mol. The lowest BCUT2D eigenvalue weighted by molar-refractivity contribution is 0.630. The molecule has 0 bridgehead atoms. The van der Waals surface area contributed by atoms with Gasteiger partial charge in [0.1, 0.15) is 17.3 Å². The lowest BCUT2D eigenvalue weighted by Crippen LogP contribution is -1.95. The molecule has 0 fully saturated rings. The number of fused-ring (bicyclic) bond motifs is 1. The molecule has 1 aromatic carbocycles. The second-order valence-corrected chi connectivity index (χ2v) is 4.79. The summed E-state index contributed by atoms with van der Waals surface area (Å²) < 4.78 is 15.6. The van der Waals surface area contributed by atoms with E-state index in [1.54, 1.807) is 34.9 Å². The molecule has 0 radical (unpaired) electrons. The minimum atomic E-state index is -0.350. The molecule has 0 atom stereocenters. The van der Waals surface area contributed by atoms with Crippen LogP contribution in [0.2, 0.25) is 5.02 Å². The summed E-state index contributed by atoms with van der Waals surface area (Å²) in [5.41, 5.74) is 8.30. The first kappa shape index (κ1) is 12.0. The van der Waals surface area contributed by atoms with Gasteiger partial charge in [-0.25, -0.2) is 9.37 Å². The summed E-state index contributed by atoms with van der Waals surface area (Å²) in [7, 11) is 0. The number of nitrogens with two attached hydrogens (primary N) is 1. The van der Waals surface area contributed by atoms with Crippen molar-refractivity contribution in [3.05, 3.63) is 52.9 Å². The van der Waals surface area contributed by atoms with Crippen LogP contribution >= 0.6 is 11.6 Å². The standard InChI is InChI=1S/C14H11ClFN3/c1-8-4-5-11(16)9(7-8)12-13(17)19-6-2-3-10(15)14(19)18-12/h2-7H,17H2,1H3. The molecule has 2 heterocycles. The first-order valence-corrected chi connectivity index (χ1v) is 6.14. The third-order valence-corrected chi connectivity index (χ3v) is 3.31. The molecular formula is C14H11ClFN3. The molecule has 19 heavy (non-hydrogen) atoms. The molecule has 0 aliphatic rings. The van der Waals surface area contributed by atoms with Crippen LogP contribution in [0.3, 0.4) is 0 Å². The molecule has 0 aliphatic heterocycles. The number of rotatable bonds is 1. The highest BCUT2D eigenvalue weighted by molar-refractivity contribution is 6.33. The van der Waals surface area contributed by atoms with Crippen LogP contribution in [0.15, 0.2) is 36.5 Å². The average Bonchev–Trinajstić information content (AvgIpc) is 2.72.